The average Bonchev–Trinajstić information content (AvgIpc) is 3.33. The van der Waals surface area contributed by atoms with Crippen molar-refractivity contribution in [3.63, 3.8) is 0 Å². The minimum absolute atomic E-state index is 0.0119. The lowest BCUT2D eigenvalue weighted by atomic mass is 9.75. The molecule has 0 saturated heterocycles. The topological polar surface area (TPSA) is 209 Å². The monoisotopic (exact) mass is 948 g/mol. The first-order valence-corrected chi connectivity index (χ1v) is 25.6. The van der Waals surface area contributed by atoms with E-state index in [1.165, 1.54) is 60.7 Å². The van der Waals surface area contributed by atoms with Crippen LogP contribution in [0.4, 0.5) is 11.4 Å². The number of fused-ring (bicyclic) bond motifs is 2. The maximum absolute atomic E-state index is 14.5. The minimum atomic E-state index is -4.65. The summed E-state index contributed by atoms with van der Waals surface area (Å²) in [6.45, 7) is 3.74. The summed E-state index contributed by atoms with van der Waals surface area (Å²) in [6.07, 6.45) is 9.31. The molecular formula is C53H48N4O9S2. The van der Waals surface area contributed by atoms with Gasteiger partial charge in [0.25, 0.3) is 0 Å². The quantitative estimate of drug-likeness (QED) is 0.0732. The molecule has 0 radical (unpaired) electrons. The third-order valence-electron chi connectivity index (χ3n) is 13.8. The number of phenols is 1. The van der Waals surface area contributed by atoms with Crippen LogP contribution in [-0.2, 0) is 20.2 Å². The molecule has 0 heterocycles. The van der Waals surface area contributed by atoms with Gasteiger partial charge >= 0.3 is 31.6 Å². The van der Waals surface area contributed by atoms with Gasteiger partial charge in [-0.25, -0.2) is 0 Å². The Labute approximate surface area is 395 Å². The standard InChI is InChI=1S/C53H48N4O9S2/c1-31-27-46(58)42(33-13-5-3-6-14-33)29-40(31)51(39-17-9-10-20-47(39)65-67(61,62)49-21-11-18-37-35(49)23-25-44(56-54)52(37)59)41-30-43(34-15-7-4-8-16-34)48(28-32(41)2)66-68(63,64)50-22-12-19-38-36(50)24-26-45(57-55)53(38)60/h9-12,17-30,33-34,51H,3-8,13-16H2,1-2H3,(H-2,58,59,60). The van der Waals surface area contributed by atoms with Crippen LogP contribution in [0, 0.1) is 24.6 Å². The first-order chi connectivity index (χ1) is 32.7. The average molecular weight is 949 g/mol. The number of diazo groups is 2. The molecule has 1 N–H and O–H groups in total. The summed E-state index contributed by atoms with van der Waals surface area (Å²) in [5.41, 5.74) is 4.33. The predicted octanol–water partition coefficient (Wildman–Crippen LogP) is 12.2. The lowest BCUT2D eigenvalue weighted by Crippen LogP contribution is -2.17. The van der Waals surface area contributed by atoms with Crippen molar-refractivity contribution in [1.82, 2.24) is 0 Å². The van der Waals surface area contributed by atoms with E-state index in [0.29, 0.717) is 16.7 Å². The molecule has 346 valence electrons. The van der Waals surface area contributed by atoms with E-state index in [2.05, 4.69) is 9.95 Å². The normalized spacial score (nSPS) is 15.4. The van der Waals surface area contributed by atoms with Crippen molar-refractivity contribution in [2.24, 2.45) is 0 Å². The molecule has 0 aliphatic heterocycles. The van der Waals surface area contributed by atoms with E-state index in [9.17, 15) is 42.9 Å². The molecule has 13 nitrogen and oxygen atoms in total. The zero-order valence-electron chi connectivity index (χ0n) is 37.5. The molecule has 7 aromatic carbocycles. The van der Waals surface area contributed by atoms with E-state index in [4.69, 9.17) is 8.37 Å². The van der Waals surface area contributed by atoms with Gasteiger partial charge in [0.1, 0.15) is 27.0 Å². The summed E-state index contributed by atoms with van der Waals surface area (Å²) in [6, 6.07) is 28.1. The molecule has 2 aliphatic rings. The second-order valence-corrected chi connectivity index (χ2v) is 21.0. The van der Waals surface area contributed by atoms with Crippen LogP contribution in [0.1, 0.15) is 121 Å². The number of phenolic OH excluding ortho intramolecular Hbond substituents is 1. The molecule has 0 amide bonds. The zero-order valence-corrected chi connectivity index (χ0v) is 39.1. The van der Waals surface area contributed by atoms with Gasteiger partial charge in [-0.15, -0.1) is 0 Å². The lowest BCUT2D eigenvalue weighted by Gasteiger charge is -2.30. The van der Waals surface area contributed by atoms with Crippen LogP contribution in [-0.4, -0.2) is 21.9 Å². The number of hydrogen-bond donors (Lipinski definition) is 1. The molecular weight excluding hydrogens is 901 g/mol. The van der Waals surface area contributed by atoms with Crippen LogP contribution >= 0.6 is 0 Å². The van der Waals surface area contributed by atoms with E-state index in [1.54, 1.807) is 36.4 Å². The van der Waals surface area contributed by atoms with E-state index in [0.717, 1.165) is 86.5 Å². The molecule has 9 rings (SSSR count). The molecule has 68 heavy (non-hydrogen) atoms. The SMILES string of the molecule is Cc1cc(O)c(C2CCCCC2)cc1C(c1cc(C2CCCCC2)c(OS(=O)(=O)c2cccc3c([O-])c([N+]#N)ccc23)cc1C)c1ccccc1OS(=O)(=O)c1cccc2c([O-])c([N+]#N)ccc12. The fourth-order valence-electron chi connectivity index (χ4n) is 10.4. The van der Waals surface area contributed by atoms with E-state index in [-0.39, 0.29) is 71.8 Å². The third-order valence-corrected chi connectivity index (χ3v) is 16.4. The largest absolute Gasteiger partial charge is 0.867 e. The molecule has 15 heteroatoms. The molecule has 0 spiro atoms. The Kier molecular flexibility index (Phi) is 12.5. The molecule has 2 aliphatic carbocycles. The number of nitrogens with zero attached hydrogens (tertiary/aromatic N) is 4. The molecule has 2 saturated carbocycles. The maximum Gasteiger partial charge on any atom is 0.378 e. The molecule has 1 atom stereocenters. The number of rotatable bonds is 11. The van der Waals surface area contributed by atoms with Crippen molar-refractivity contribution in [2.45, 2.75) is 106 Å². The molecule has 0 bridgehead atoms. The first kappa shape index (κ1) is 45.9. The highest BCUT2D eigenvalue weighted by atomic mass is 32.2. The molecule has 0 aromatic heterocycles. The number of aryl methyl sites for hydroxylation is 2. The van der Waals surface area contributed by atoms with Crippen LogP contribution in [0.2, 0.25) is 0 Å². The van der Waals surface area contributed by atoms with Crippen molar-refractivity contribution >= 4 is 53.2 Å². The van der Waals surface area contributed by atoms with Gasteiger partial charge < -0.3 is 23.7 Å². The van der Waals surface area contributed by atoms with Gasteiger partial charge in [-0.05, 0) is 149 Å². The summed E-state index contributed by atoms with van der Waals surface area (Å²) in [5, 5.41) is 56.8. The highest BCUT2D eigenvalue weighted by Gasteiger charge is 2.33. The van der Waals surface area contributed by atoms with Crippen molar-refractivity contribution in [2.75, 3.05) is 0 Å². The van der Waals surface area contributed by atoms with Gasteiger partial charge in [0.2, 0.25) is 10.8 Å². The first-order valence-electron chi connectivity index (χ1n) is 22.8. The van der Waals surface area contributed by atoms with E-state index < -0.39 is 37.7 Å². The van der Waals surface area contributed by atoms with E-state index in [1.807, 2.05) is 26.0 Å². The van der Waals surface area contributed by atoms with Gasteiger partial charge in [-0.2, -0.15) is 16.8 Å². The Bertz CT molecular complexity index is 3460. The summed E-state index contributed by atoms with van der Waals surface area (Å²) >= 11 is 0. The summed E-state index contributed by atoms with van der Waals surface area (Å²) in [4.78, 5) is 5.61. The fraction of sp³-hybridized carbons (Fsp3) is 0.283. The molecule has 7 aromatic rings. The number of aromatic hydroxyl groups is 1. The second kappa shape index (κ2) is 18.5. The lowest BCUT2D eigenvalue weighted by molar-refractivity contribution is -0.265. The van der Waals surface area contributed by atoms with Crippen molar-refractivity contribution in [3.05, 3.63) is 158 Å². The van der Waals surface area contributed by atoms with Crippen molar-refractivity contribution in [1.29, 1.82) is 10.8 Å². The third kappa shape index (κ3) is 8.52. The van der Waals surface area contributed by atoms with Gasteiger partial charge in [-0.1, -0.05) is 93.1 Å². The molecule has 2 fully saturated rings. The van der Waals surface area contributed by atoms with Crippen LogP contribution in [0.15, 0.2) is 119 Å². The second-order valence-electron chi connectivity index (χ2n) is 18.0. The van der Waals surface area contributed by atoms with Crippen LogP contribution in [0.5, 0.6) is 28.7 Å². The fourth-order valence-corrected chi connectivity index (χ4v) is 12.7. The summed E-state index contributed by atoms with van der Waals surface area (Å²) < 4.78 is 70.2. The Balaban J connectivity index is 1.23. The smallest absolute Gasteiger partial charge is 0.378 e. The van der Waals surface area contributed by atoms with Gasteiger partial charge in [0.15, 0.2) is 9.95 Å². The van der Waals surface area contributed by atoms with Gasteiger partial charge in [0.05, 0.1) is 0 Å². The van der Waals surface area contributed by atoms with Crippen molar-refractivity contribution in [3.8, 4) is 28.7 Å². The molecule has 1 unspecified atom stereocenters. The number of hydrogen-bond acceptors (Lipinski definition) is 11. The highest BCUT2D eigenvalue weighted by molar-refractivity contribution is 7.87. The van der Waals surface area contributed by atoms with Crippen LogP contribution < -0.4 is 18.6 Å². The highest BCUT2D eigenvalue weighted by Crippen LogP contribution is 2.49. The van der Waals surface area contributed by atoms with Gasteiger partial charge in [0, 0.05) is 34.4 Å². The summed E-state index contributed by atoms with van der Waals surface area (Å²) in [7, 11) is -9.23. The summed E-state index contributed by atoms with van der Waals surface area (Å²) in [5.74, 6) is -1.70. The number of benzene rings is 7. The number of para-hydroxylation sites is 1. The van der Waals surface area contributed by atoms with Crippen molar-refractivity contribution < 1.29 is 40.5 Å². The maximum atomic E-state index is 14.5. The van der Waals surface area contributed by atoms with E-state index >= 15 is 0 Å². The van der Waals surface area contributed by atoms with Crippen LogP contribution in [0.3, 0.4) is 0 Å². The Hall–Kier alpha value is -7.20. The zero-order chi connectivity index (χ0) is 47.9. The Morgan fingerprint density at radius 3 is 1.54 bits per heavy atom. The van der Waals surface area contributed by atoms with Gasteiger partial charge in [-0.3, -0.25) is 0 Å². The van der Waals surface area contributed by atoms with Crippen LogP contribution in [0.25, 0.3) is 31.5 Å². The predicted molar refractivity (Wildman–Crippen MR) is 255 cm³/mol. The minimum Gasteiger partial charge on any atom is -0.867 e. The Morgan fingerprint density at radius 1 is 0.544 bits per heavy atom. The Morgan fingerprint density at radius 2 is 1.01 bits per heavy atom.